The second-order valence-electron chi connectivity index (χ2n) is 2.59. The number of allylic oxidation sites excluding steroid dienone is 3. The number of carbonyl (C=O) groups excluding carboxylic acids is 1. The van der Waals surface area contributed by atoms with Crippen LogP contribution in [0.1, 0.15) is 27.7 Å². The lowest BCUT2D eigenvalue weighted by Crippen LogP contribution is -1.62. The number of aliphatic hydroxyl groups excluding tert-OH is 1. The molecule has 1 N–H and O–H groups in total. The van der Waals surface area contributed by atoms with E-state index < -0.39 is 0 Å². The fraction of sp³-hybridized carbons (Fsp3) is 0.500. The van der Waals surface area contributed by atoms with Crippen molar-refractivity contribution in [2.75, 3.05) is 7.11 Å². The van der Waals surface area contributed by atoms with Crippen molar-refractivity contribution in [2.45, 2.75) is 27.7 Å². The third-order valence-electron chi connectivity index (χ3n) is 0.401. The molecule has 0 aliphatic rings. The van der Waals surface area contributed by atoms with Crippen LogP contribution in [-0.4, -0.2) is 18.5 Å². The SMILES string of the molecule is C=C(C)C.CC(C)=CC=O.CO. The van der Waals surface area contributed by atoms with Crippen LogP contribution in [0, 0.1) is 0 Å². The largest absolute Gasteiger partial charge is 0.400 e. The fourth-order valence-electron chi connectivity index (χ4n) is 0.136. The second kappa shape index (κ2) is 16.6. The first-order valence-electron chi connectivity index (χ1n) is 3.66. The van der Waals surface area contributed by atoms with E-state index in [1.54, 1.807) is 0 Å². The van der Waals surface area contributed by atoms with E-state index in [0.29, 0.717) is 0 Å². The Morgan fingerprint density at radius 3 is 1.42 bits per heavy atom. The predicted octanol–water partition coefficient (Wildman–Crippen LogP) is 2.34. The average Bonchev–Trinajstić information content (AvgIpc) is 1.90. The summed E-state index contributed by atoms with van der Waals surface area (Å²) in [5, 5.41) is 7.00. The average molecular weight is 172 g/mol. The van der Waals surface area contributed by atoms with Crippen molar-refractivity contribution in [3.05, 3.63) is 23.8 Å². The van der Waals surface area contributed by atoms with E-state index in [2.05, 4.69) is 6.58 Å². The smallest absolute Gasteiger partial charge is 0.142 e. The number of rotatable bonds is 1. The van der Waals surface area contributed by atoms with Crippen molar-refractivity contribution >= 4 is 6.29 Å². The molecule has 0 aromatic rings. The molecule has 0 spiro atoms. The highest BCUT2D eigenvalue weighted by Crippen LogP contribution is 1.81. The molecule has 2 heteroatoms. The zero-order valence-electron chi connectivity index (χ0n) is 8.72. The van der Waals surface area contributed by atoms with Crippen molar-refractivity contribution < 1.29 is 9.90 Å². The zero-order chi connectivity index (χ0) is 10.6. The van der Waals surface area contributed by atoms with E-state index in [-0.39, 0.29) is 0 Å². The number of aliphatic hydroxyl groups is 1. The minimum absolute atomic E-state index is 0.787. The lowest BCUT2D eigenvalue weighted by molar-refractivity contribution is -0.104. The monoisotopic (exact) mass is 172 g/mol. The highest BCUT2D eigenvalue weighted by molar-refractivity contribution is 5.65. The van der Waals surface area contributed by atoms with Gasteiger partial charge in [-0.05, 0) is 33.8 Å². The van der Waals surface area contributed by atoms with Crippen LogP contribution in [0.2, 0.25) is 0 Å². The van der Waals surface area contributed by atoms with Crippen LogP contribution >= 0.6 is 0 Å². The first-order chi connectivity index (χ1) is 5.50. The quantitative estimate of drug-likeness (QED) is 0.374. The van der Waals surface area contributed by atoms with E-state index >= 15 is 0 Å². The maximum absolute atomic E-state index is 9.54. The highest BCUT2D eigenvalue weighted by Gasteiger charge is 1.66. The van der Waals surface area contributed by atoms with Gasteiger partial charge in [0.25, 0.3) is 0 Å². The molecule has 0 aliphatic carbocycles. The van der Waals surface area contributed by atoms with Gasteiger partial charge >= 0.3 is 0 Å². The normalized spacial score (nSPS) is 6.17. The summed E-state index contributed by atoms with van der Waals surface area (Å²) in [6.07, 6.45) is 2.31. The summed E-state index contributed by atoms with van der Waals surface area (Å²) in [5.41, 5.74) is 2.21. The topological polar surface area (TPSA) is 37.3 Å². The molecule has 0 rings (SSSR count). The van der Waals surface area contributed by atoms with Gasteiger partial charge in [0.15, 0.2) is 0 Å². The van der Waals surface area contributed by atoms with Crippen LogP contribution in [-0.2, 0) is 4.79 Å². The van der Waals surface area contributed by atoms with Crippen LogP contribution in [0.3, 0.4) is 0 Å². The van der Waals surface area contributed by atoms with Gasteiger partial charge < -0.3 is 5.11 Å². The summed E-state index contributed by atoms with van der Waals surface area (Å²) < 4.78 is 0. The standard InChI is InChI=1S/C5H8O.C4H8.CH4O/c1-5(2)3-4-6;1-4(2)3;1-2/h3-4H,1-2H3;1H2,2-3H3;2H,1H3. The molecule has 0 heterocycles. The summed E-state index contributed by atoms with van der Waals surface area (Å²) >= 11 is 0. The summed E-state index contributed by atoms with van der Waals surface area (Å²) in [6, 6.07) is 0. The van der Waals surface area contributed by atoms with Crippen LogP contribution in [0.15, 0.2) is 23.8 Å². The minimum Gasteiger partial charge on any atom is -0.400 e. The molecule has 0 aliphatic heterocycles. The van der Waals surface area contributed by atoms with E-state index in [9.17, 15) is 4.79 Å². The summed E-state index contributed by atoms with van der Waals surface area (Å²) in [7, 11) is 1.00. The Labute approximate surface area is 75.6 Å². The molecule has 12 heavy (non-hydrogen) atoms. The summed E-state index contributed by atoms with van der Waals surface area (Å²) in [5.74, 6) is 0. The van der Waals surface area contributed by atoms with E-state index in [4.69, 9.17) is 5.11 Å². The number of hydrogen-bond donors (Lipinski definition) is 1. The van der Waals surface area contributed by atoms with Crippen molar-refractivity contribution in [2.24, 2.45) is 0 Å². The Bertz CT molecular complexity index is 127. The third kappa shape index (κ3) is 135. The molecule has 0 amide bonds. The first kappa shape index (κ1) is 17.3. The summed E-state index contributed by atoms with van der Waals surface area (Å²) in [4.78, 5) is 9.54. The van der Waals surface area contributed by atoms with Gasteiger partial charge in [-0.1, -0.05) is 11.1 Å². The van der Waals surface area contributed by atoms with Gasteiger partial charge in [0.1, 0.15) is 6.29 Å². The molecule has 0 bridgehead atoms. The molecule has 0 atom stereocenters. The number of aldehydes is 1. The minimum atomic E-state index is 0.787. The molecular weight excluding hydrogens is 152 g/mol. The molecule has 0 saturated carbocycles. The Hall–Kier alpha value is -0.890. The lowest BCUT2D eigenvalue weighted by atomic mass is 10.3. The van der Waals surface area contributed by atoms with Crippen molar-refractivity contribution in [1.82, 2.24) is 0 Å². The van der Waals surface area contributed by atoms with Gasteiger partial charge in [-0.3, -0.25) is 4.79 Å². The van der Waals surface area contributed by atoms with E-state index in [0.717, 1.165) is 19.0 Å². The Morgan fingerprint density at radius 1 is 1.17 bits per heavy atom. The Morgan fingerprint density at radius 2 is 1.42 bits per heavy atom. The van der Waals surface area contributed by atoms with Crippen molar-refractivity contribution in [1.29, 1.82) is 0 Å². The molecule has 0 radical (unpaired) electrons. The van der Waals surface area contributed by atoms with Gasteiger partial charge in [-0.2, -0.15) is 0 Å². The van der Waals surface area contributed by atoms with Gasteiger partial charge in [-0.15, -0.1) is 6.58 Å². The molecular formula is C10H20O2. The maximum Gasteiger partial charge on any atom is 0.142 e. The Kier molecular flexibility index (Phi) is 23.9. The van der Waals surface area contributed by atoms with Crippen molar-refractivity contribution in [3.8, 4) is 0 Å². The molecule has 0 aromatic heterocycles. The van der Waals surface area contributed by atoms with Crippen LogP contribution in [0.25, 0.3) is 0 Å². The van der Waals surface area contributed by atoms with E-state index in [1.165, 1.54) is 11.6 Å². The molecule has 72 valence electrons. The highest BCUT2D eigenvalue weighted by atomic mass is 16.2. The van der Waals surface area contributed by atoms with Gasteiger partial charge in [0, 0.05) is 7.11 Å². The molecule has 2 nitrogen and oxygen atoms in total. The van der Waals surface area contributed by atoms with Crippen molar-refractivity contribution in [3.63, 3.8) is 0 Å². The van der Waals surface area contributed by atoms with Gasteiger partial charge in [-0.25, -0.2) is 0 Å². The number of hydrogen-bond acceptors (Lipinski definition) is 2. The molecule has 0 unspecified atom stereocenters. The van der Waals surface area contributed by atoms with Crippen LogP contribution in [0.5, 0.6) is 0 Å². The summed E-state index contributed by atoms with van der Waals surface area (Å²) in [6.45, 7) is 11.3. The third-order valence-corrected chi connectivity index (χ3v) is 0.401. The maximum atomic E-state index is 9.54. The Balaban J connectivity index is -0.000000118. The lowest BCUT2D eigenvalue weighted by Gasteiger charge is -1.73. The molecule has 0 aromatic carbocycles. The molecule has 0 fully saturated rings. The second-order valence-corrected chi connectivity index (χ2v) is 2.59. The fourth-order valence-corrected chi connectivity index (χ4v) is 0.136. The van der Waals surface area contributed by atoms with Gasteiger partial charge in [0.2, 0.25) is 0 Å². The first-order valence-corrected chi connectivity index (χ1v) is 3.66. The molecule has 0 saturated heterocycles. The van der Waals surface area contributed by atoms with Gasteiger partial charge in [0.05, 0.1) is 0 Å². The zero-order valence-corrected chi connectivity index (χ0v) is 8.72. The number of carbonyl (C=O) groups is 1. The van der Waals surface area contributed by atoms with E-state index in [1.807, 2.05) is 27.7 Å². The van der Waals surface area contributed by atoms with Crippen LogP contribution in [0.4, 0.5) is 0 Å². The van der Waals surface area contributed by atoms with Crippen LogP contribution < -0.4 is 0 Å². The predicted molar refractivity (Wildman–Crippen MR) is 54.1 cm³/mol.